The van der Waals surface area contributed by atoms with Crippen molar-refractivity contribution in [3.05, 3.63) is 83.7 Å². The molecule has 0 amide bonds. The molecule has 0 aliphatic heterocycles. The van der Waals surface area contributed by atoms with Crippen LogP contribution < -0.4 is 4.74 Å². The SMILES string of the molecule is COc1ccc(-n2ncc3c2C=C2CCC4C([C@@H](O)CC5(C)C4CC[C@]5(O)C(=O)CSc4ccc5ccccc5n4)C2(C)C3)cc1. The van der Waals surface area contributed by atoms with Gasteiger partial charge in [0.25, 0.3) is 0 Å². The van der Waals surface area contributed by atoms with Crippen LogP contribution in [0.15, 0.2) is 77.5 Å². The number of ether oxygens (including phenoxy) is 1. The molecule has 238 valence electrons. The van der Waals surface area contributed by atoms with Gasteiger partial charge < -0.3 is 14.9 Å². The van der Waals surface area contributed by atoms with Crippen LogP contribution in [0.1, 0.15) is 57.2 Å². The van der Waals surface area contributed by atoms with Gasteiger partial charge in [0, 0.05) is 10.8 Å². The Hall–Kier alpha value is -3.46. The van der Waals surface area contributed by atoms with Crippen LogP contribution in [0.4, 0.5) is 0 Å². The molecular weight excluding hydrogens is 595 g/mol. The summed E-state index contributed by atoms with van der Waals surface area (Å²) in [5.74, 6) is 1.33. The first kappa shape index (κ1) is 29.9. The number of benzene rings is 2. The van der Waals surface area contributed by atoms with Gasteiger partial charge in [-0.2, -0.15) is 5.10 Å². The highest BCUT2D eigenvalue weighted by molar-refractivity contribution is 7.99. The number of hydrogen-bond acceptors (Lipinski definition) is 7. The second-order valence-electron chi connectivity index (χ2n) is 14.4. The van der Waals surface area contributed by atoms with Crippen molar-refractivity contribution in [2.75, 3.05) is 12.9 Å². The number of fused-ring (bicyclic) bond motifs is 7. The molecular formula is C38H41N3O4S. The van der Waals surface area contributed by atoms with Crippen LogP contribution in [0.5, 0.6) is 5.75 Å². The minimum atomic E-state index is -1.45. The van der Waals surface area contributed by atoms with E-state index in [2.05, 4.69) is 19.9 Å². The zero-order valence-electron chi connectivity index (χ0n) is 26.6. The summed E-state index contributed by atoms with van der Waals surface area (Å²) in [5.41, 5.74) is 3.26. The smallest absolute Gasteiger partial charge is 0.175 e. The van der Waals surface area contributed by atoms with Crippen molar-refractivity contribution in [2.45, 2.75) is 69.1 Å². The molecule has 0 bridgehead atoms. The standard InChI is InChI=1S/C38H41N3O4S/c1-36-19-24-21-39-41(26-10-12-27(45-3)13-11-26)31(24)18-25(36)9-14-28-29-16-17-38(44,37(29,2)20-32(42)35(28)36)33(43)22-46-34-15-8-23-6-4-5-7-30(23)40-34/h4-8,10-13,15,18,21,28-29,32,35,42,44H,9,14,16-17,19-20,22H2,1-3H3/t28?,29?,32-,35?,36?,37?,38-/m0/s1. The van der Waals surface area contributed by atoms with Gasteiger partial charge in [-0.15, -0.1) is 0 Å². The minimum Gasteiger partial charge on any atom is -0.497 e. The molecule has 4 aliphatic rings. The summed E-state index contributed by atoms with van der Waals surface area (Å²) >= 11 is 1.40. The summed E-state index contributed by atoms with van der Waals surface area (Å²) in [4.78, 5) is 18.6. The number of Topliss-reactive ketones (excluding diaryl/α,β-unsaturated/α-hetero) is 1. The Kier molecular flexibility index (Phi) is 7.02. The van der Waals surface area contributed by atoms with Crippen LogP contribution in [-0.2, 0) is 11.2 Å². The summed E-state index contributed by atoms with van der Waals surface area (Å²) < 4.78 is 7.36. The molecule has 46 heavy (non-hydrogen) atoms. The lowest BCUT2D eigenvalue weighted by atomic mass is 9.45. The second-order valence-corrected chi connectivity index (χ2v) is 15.4. The third kappa shape index (κ3) is 4.36. The van der Waals surface area contributed by atoms with E-state index in [1.165, 1.54) is 22.9 Å². The number of rotatable bonds is 6. The molecule has 8 rings (SSSR count). The van der Waals surface area contributed by atoms with Crippen LogP contribution in [-0.4, -0.2) is 55.3 Å². The van der Waals surface area contributed by atoms with E-state index in [1.54, 1.807) is 7.11 Å². The van der Waals surface area contributed by atoms with Crippen LogP contribution >= 0.6 is 11.8 Å². The number of aromatic nitrogens is 3. The molecule has 3 fully saturated rings. The van der Waals surface area contributed by atoms with E-state index in [4.69, 9.17) is 14.8 Å². The quantitative estimate of drug-likeness (QED) is 0.228. The molecule has 4 aliphatic carbocycles. The fourth-order valence-corrected chi connectivity index (χ4v) is 10.8. The summed E-state index contributed by atoms with van der Waals surface area (Å²) in [6, 6.07) is 19.9. The van der Waals surface area contributed by atoms with Crippen LogP contribution in [0.3, 0.4) is 0 Å². The number of pyridine rings is 1. The Labute approximate surface area is 274 Å². The molecule has 0 saturated heterocycles. The van der Waals surface area contributed by atoms with E-state index < -0.39 is 17.1 Å². The average Bonchev–Trinajstić information content (AvgIpc) is 3.59. The molecule has 3 saturated carbocycles. The molecule has 5 unspecified atom stereocenters. The third-order valence-electron chi connectivity index (χ3n) is 12.3. The number of hydrogen-bond donors (Lipinski definition) is 2. The van der Waals surface area contributed by atoms with Crippen LogP contribution in [0.2, 0.25) is 0 Å². The van der Waals surface area contributed by atoms with Gasteiger partial charge in [0.15, 0.2) is 5.78 Å². The molecule has 7 nitrogen and oxygen atoms in total. The maximum Gasteiger partial charge on any atom is 0.175 e. The molecule has 0 spiro atoms. The van der Waals surface area contributed by atoms with E-state index in [0.717, 1.165) is 58.7 Å². The summed E-state index contributed by atoms with van der Waals surface area (Å²) in [7, 11) is 1.67. The van der Waals surface area contributed by atoms with E-state index in [0.29, 0.717) is 12.8 Å². The highest BCUT2D eigenvalue weighted by Crippen LogP contribution is 2.67. The van der Waals surface area contributed by atoms with E-state index >= 15 is 0 Å². The fraction of sp³-hybridized carbons (Fsp3) is 0.447. The fourth-order valence-electron chi connectivity index (χ4n) is 9.96. The highest BCUT2D eigenvalue weighted by atomic mass is 32.2. The van der Waals surface area contributed by atoms with Gasteiger partial charge in [-0.05, 0) is 110 Å². The third-order valence-corrected chi connectivity index (χ3v) is 13.2. The molecule has 4 aromatic rings. The molecule has 7 atom stereocenters. The highest BCUT2D eigenvalue weighted by Gasteiger charge is 2.68. The van der Waals surface area contributed by atoms with Crippen molar-refractivity contribution in [3.63, 3.8) is 0 Å². The van der Waals surface area contributed by atoms with Gasteiger partial charge in [-0.3, -0.25) is 4.79 Å². The molecule has 2 heterocycles. The zero-order valence-corrected chi connectivity index (χ0v) is 27.5. The summed E-state index contributed by atoms with van der Waals surface area (Å²) in [6.07, 6.45) is 8.11. The lowest BCUT2D eigenvalue weighted by Crippen LogP contribution is -2.62. The maximum atomic E-state index is 13.9. The number of carbonyl (C=O) groups is 1. The first-order valence-corrected chi connectivity index (χ1v) is 17.5. The first-order valence-electron chi connectivity index (χ1n) is 16.5. The summed E-state index contributed by atoms with van der Waals surface area (Å²) in [5, 5.41) is 30.9. The van der Waals surface area contributed by atoms with E-state index in [1.807, 2.05) is 71.5 Å². The topological polar surface area (TPSA) is 97.5 Å². The first-order chi connectivity index (χ1) is 22.1. The number of thioether (sulfide) groups is 1. The Balaban J connectivity index is 1.04. The lowest BCUT2D eigenvalue weighted by Gasteiger charge is -2.60. The van der Waals surface area contributed by atoms with Crippen LogP contribution in [0.25, 0.3) is 22.7 Å². The molecule has 8 heteroatoms. The van der Waals surface area contributed by atoms with Crippen molar-refractivity contribution < 1.29 is 19.7 Å². The maximum absolute atomic E-state index is 13.9. The molecule has 2 aromatic carbocycles. The number of carbonyl (C=O) groups excluding carboxylic acids is 1. The Morgan fingerprint density at radius 1 is 1.09 bits per heavy atom. The summed E-state index contributed by atoms with van der Waals surface area (Å²) in [6.45, 7) is 4.40. The van der Waals surface area contributed by atoms with Crippen molar-refractivity contribution in [1.82, 2.24) is 14.8 Å². The normalized spacial score (nSPS) is 33.0. The van der Waals surface area contributed by atoms with Gasteiger partial charge in [-0.1, -0.05) is 55.4 Å². The average molecular weight is 636 g/mol. The zero-order chi connectivity index (χ0) is 31.8. The van der Waals surface area contributed by atoms with Crippen LogP contribution in [0, 0.1) is 28.6 Å². The molecule has 0 radical (unpaired) electrons. The van der Waals surface area contributed by atoms with Crippen molar-refractivity contribution in [3.8, 4) is 11.4 Å². The predicted octanol–water partition coefficient (Wildman–Crippen LogP) is 6.67. The molecule has 2 aromatic heterocycles. The van der Waals surface area contributed by atoms with E-state index in [9.17, 15) is 15.0 Å². The number of nitrogens with zero attached hydrogens (tertiary/aromatic N) is 3. The van der Waals surface area contributed by atoms with Gasteiger partial charge in [0.05, 0.1) is 47.1 Å². The van der Waals surface area contributed by atoms with Gasteiger partial charge in [-0.25, -0.2) is 9.67 Å². The second kappa shape index (κ2) is 10.8. The van der Waals surface area contributed by atoms with Gasteiger partial charge in [0.1, 0.15) is 11.4 Å². The predicted molar refractivity (Wildman–Crippen MR) is 180 cm³/mol. The van der Waals surface area contributed by atoms with Crippen molar-refractivity contribution in [1.29, 1.82) is 0 Å². The van der Waals surface area contributed by atoms with Crippen molar-refractivity contribution in [2.24, 2.45) is 28.6 Å². The monoisotopic (exact) mass is 635 g/mol. The Morgan fingerprint density at radius 3 is 2.70 bits per heavy atom. The number of aliphatic hydroxyl groups excluding tert-OH is 1. The Bertz CT molecular complexity index is 1870. The number of ketones is 1. The number of para-hydroxylation sites is 1. The minimum absolute atomic E-state index is 0.0664. The van der Waals surface area contributed by atoms with E-state index in [-0.39, 0.29) is 34.7 Å². The number of methoxy groups -OCH3 is 1. The Morgan fingerprint density at radius 2 is 1.89 bits per heavy atom. The number of allylic oxidation sites excluding steroid dienone is 1. The lowest BCUT2D eigenvalue weighted by molar-refractivity contribution is -0.177. The number of aliphatic hydroxyl groups is 2. The molecule has 2 N–H and O–H groups in total. The van der Waals surface area contributed by atoms with Crippen molar-refractivity contribution >= 4 is 34.5 Å². The largest absolute Gasteiger partial charge is 0.497 e. The van der Waals surface area contributed by atoms with Gasteiger partial charge >= 0.3 is 0 Å². The van der Waals surface area contributed by atoms with Gasteiger partial charge in [0.2, 0.25) is 0 Å².